The summed E-state index contributed by atoms with van der Waals surface area (Å²) in [6.45, 7) is 1.61. The molecule has 0 aromatic heterocycles. The van der Waals surface area contributed by atoms with Crippen molar-refractivity contribution in [3.05, 3.63) is 35.4 Å². The minimum Gasteiger partial charge on any atom is -0.303 e. The number of Topliss-reactive ketones (excluding diaryl/α,β-unsaturated/α-hetero) is 1. The molecule has 0 aliphatic rings. The minimum atomic E-state index is 0.216. The van der Waals surface area contributed by atoms with Crippen molar-refractivity contribution < 1.29 is 9.59 Å². The second-order valence-corrected chi connectivity index (χ2v) is 3.73. The highest BCUT2D eigenvalue weighted by molar-refractivity contribution is 5.75. The number of carbonyl (C=O) groups is 2. The predicted molar refractivity (Wildman–Crippen MR) is 59.8 cm³/mol. The minimum absolute atomic E-state index is 0.216. The summed E-state index contributed by atoms with van der Waals surface area (Å²) in [5, 5.41) is 0. The largest absolute Gasteiger partial charge is 0.303 e. The zero-order valence-corrected chi connectivity index (χ0v) is 9.03. The molecule has 0 saturated carbocycles. The number of aryl methyl sites for hydroxylation is 2. The molecule has 0 fully saturated rings. The third kappa shape index (κ3) is 4.54. The van der Waals surface area contributed by atoms with Gasteiger partial charge in [0.05, 0.1) is 0 Å². The number of carbonyl (C=O) groups excluding carboxylic acids is 2. The lowest BCUT2D eigenvalue weighted by Crippen LogP contribution is -1.95. The lowest BCUT2D eigenvalue weighted by molar-refractivity contribution is -0.117. The average Bonchev–Trinajstić information content (AvgIpc) is 2.24. The first-order valence-electron chi connectivity index (χ1n) is 5.23. The normalized spacial score (nSPS) is 9.93. The van der Waals surface area contributed by atoms with Gasteiger partial charge in [0.15, 0.2) is 0 Å². The summed E-state index contributed by atoms with van der Waals surface area (Å²) in [6.07, 6.45) is 3.68. The van der Waals surface area contributed by atoms with Crippen LogP contribution >= 0.6 is 0 Å². The van der Waals surface area contributed by atoms with Gasteiger partial charge >= 0.3 is 0 Å². The van der Waals surface area contributed by atoms with Crippen molar-refractivity contribution in [3.63, 3.8) is 0 Å². The van der Waals surface area contributed by atoms with Crippen LogP contribution in [0.4, 0.5) is 0 Å². The van der Waals surface area contributed by atoms with E-state index in [0.717, 1.165) is 19.1 Å². The lowest BCUT2D eigenvalue weighted by Gasteiger charge is -2.02. The van der Waals surface area contributed by atoms with Gasteiger partial charge in [0.25, 0.3) is 0 Å². The second-order valence-electron chi connectivity index (χ2n) is 3.73. The van der Waals surface area contributed by atoms with Crippen molar-refractivity contribution in [2.45, 2.75) is 32.6 Å². The van der Waals surface area contributed by atoms with Crippen molar-refractivity contribution >= 4 is 12.1 Å². The maximum atomic E-state index is 10.8. The van der Waals surface area contributed by atoms with Gasteiger partial charge in [0.1, 0.15) is 12.1 Å². The Bertz CT molecular complexity index is 342. The highest BCUT2D eigenvalue weighted by Crippen LogP contribution is 2.09. The van der Waals surface area contributed by atoms with Crippen LogP contribution in [0.1, 0.15) is 30.9 Å². The molecule has 1 rings (SSSR count). The number of rotatable bonds is 6. The van der Waals surface area contributed by atoms with Gasteiger partial charge in [-0.25, -0.2) is 0 Å². The monoisotopic (exact) mass is 204 g/mol. The fourth-order valence-electron chi connectivity index (χ4n) is 1.49. The van der Waals surface area contributed by atoms with Gasteiger partial charge in [-0.2, -0.15) is 0 Å². The Hall–Kier alpha value is -1.44. The summed E-state index contributed by atoms with van der Waals surface area (Å²) in [6, 6.07) is 8.09. The molecule has 0 heterocycles. The van der Waals surface area contributed by atoms with E-state index in [2.05, 4.69) is 6.07 Å². The molecule has 0 bridgehead atoms. The highest BCUT2D eigenvalue weighted by atomic mass is 16.1. The Morgan fingerprint density at radius 2 is 1.93 bits per heavy atom. The van der Waals surface area contributed by atoms with Crippen LogP contribution in [0, 0.1) is 0 Å². The van der Waals surface area contributed by atoms with Crippen LogP contribution in [0.2, 0.25) is 0 Å². The Labute approximate surface area is 90.3 Å². The van der Waals surface area contributed by atoms with Crippen LogP contribution in [0.25, 0.3) is 0 Å². The SMILES string of the molecule is CC(=O)CCc1cccc(CCC=O)c1. The van der Waals surface area contributed by atoms with Gasteiger partial charge in [0, 0.05) is 12.8 Å². The number of aldehydes is 1. The standard InChI is InChI=1S/C13H16O2/c1-11(15)7-8-13-5-2-4-12(10-13)6-3-9-14/h2,4-5,9-10H,3,6-8H2,1H3. The summed E-state index contributed by atoms with van der Waals surface area (Å²) in [4.78, 5) is 21.1. The van der Waals surface area contributed by atoms with Crippen molar-refractivity contribution in [1.82, 2.24) is 0 Å². The molecule has 2 heteroatoms. The summed E-state index contributed by atoms with van der Waals surface area (Å²) >= 11 is 0. The number of ketones is 1. The molecule has 0 aliphatic heterocycles. The van der Waals surface area contributed by atoms with Crippen LogP contribution in [-0.2, 0) is 22.4 Å². The summed E-state index contributed by atoms with van der Waals surface area (Å²) < 4.78 is 0. The van der Waals surface area contributed by atoms with Crippen molar-refractivity contribution in [1.29, 1.82) is 0 Å². The molecule has 0 unspecified atom stereocenters. The van der Waals surface area contributed by atoms with Crippen molar-refractivity contribution in [2.24, 2.45) is 0 Å². The molecule has 0 spiro atoms. The molecule has 15 heavy (non-hydrogen) atoms. The molecule has 2 nitrogen and oxygen atoms in total. The molecule has 0 saturated heterocycles. The van der Waals surface area contributed by atoms with Crippen LogP contribution in [-0.4, -0.2) is 12.1 Å². The van der Waals surface area contributed by atoms with Crippen LogP contribution in [0.3, 0.4) is 0 Å². The Morgan fingerprint density at radius 1 is 1.27 bits per heavy atom. The number of benzene rings is 1. The van der Waals surface area contributed by atoms with Crippen LogP contribution in [0.5, 0.6) is 0 Å². The predicted octanol–water partition coefficient (Wildman–Crippen LogP) is 2.34. The van der Waals surface area contributed by atoms with E-state index in [1.165, 1.54) is 11.1 Å². The van der Waals surface area contributed by atoms with Gasteiger partial charge in [-0.15, -0.1) is 0 Å². The van der Waals surface area contributed by atoms with Gasteiger partial charge in [-0.05, 0) is 30.9 Å². The van der Waals surface area contributed by atoms with Gasteiger partial charge < -0.3 is 9.59 Å². The molecule has 1 aromatic carbocycles. The van der Waals surface area contributed by atoms with Crippen LogP contribution in [0.15, 0.2) is 24.3 Å². The Morgan fingerprint density at radius 3 is 2.53 bits per heavy atom. The molecule has 0 radical (unpaired) electrons. The molecule has 80 valence electrons. The highest BCUT2D eigenvalue weighted by Gasteiger charge is 1.98. The first-order chi connectivity index (χ1) is 7.22. The third-order valence-electron chi connectivity index (χ3n) is 2.31. The quantitative estimate of drug-likeness (QED) is 0.666. The Kier molecular flexibility index (Phi) is 4.75. The second kappa shape index (κ2) is 6.12. The third-order valence-corrected chi connectivity index (χ3v) is 2.31. The number of hydrogen-bond donors (Lipinski definition) is 0. The molecule has 0 amide bonds. The summed E-state index contributed by atoms with van der Waals surface area (Å²) in [7, 11) is 0. The first-order valence-corrected chi connectivity index (χ1v) is 5.23. The maximum absolute atomic E-state index is 10.8. The van der Waals surface area contributed by atoms with E-state index in [9.17, 15) is 9.59 Å². The molecular formula is C13H16O2. The van der Waals surface area contributed by atoms with E-state index in [1.54, 1.807) is 6.92 Å². The van der Waals surface area contributed by atoms with Crippen molar-refractivity contribution in [2.75, 3.05) is 0 Å². The molecule has 1 aromatic rings. The fraction of sp³-hybridized carbons (Fsp3) is 0.385. The van der Waals surface area contributed by atoms with E-state index in [4.69, 9.17) is 0 Å². The molecular weight excluding hydrogens is 188 g/mol. The van der Waals surface area contributed by atoms with Gasteiger partial charge in [0.2, 0.25) is 0 Å². The maximum Gasteiger partial charge on any atom is 0.130 e. The topological polar surface area (TPSA) is 34.1 Å². The van der Waals surface area contributed by atoms with E-state index in [-0.39, 0.29) is 5.78 Å². The average molecular weight is 204 g/mol. The zero-order valence-electron chi connectivity index (χ0n) is 9.03. The zero-order chi connectivity index (χ0) is 11.1. The first kappa shape index (κ1) is 11.6. The van der Waals surface area contributed by atoms with Crippen molar-refractivity contribution in [3.8, 4) is 0 Å². The Balaban J connectivity index is 2.57. The van der Waals surface area contributed by atoms with Gasteiger partial charge in [-0.1, -0.05) is 24.3 Å². The molecule has 0 atom stereocenters. The van der Waals surface area contributed by atoms with E-state index < -0.39 is 0 Å². The van der Waals surface area contributed by atoms with Gasteiger partial charge in [-0.3, -0.25) is 0 Å². The molecule has 0 aliphatic carbocycles. The summed E-state index contributed by atoms with van der Waals surface area (Å²) in [5.41, 5.74) is 2.34. The van der Waals surface area contributed by atoms with E-state index >= 15 is 0 Å². The van der Waals surface area contributed by atoms with E-state index in [0.29, 0.717) is 12.8 Å². The fourth-order valence-corrected chi connectivity index (χ4v) is 1.49. The lowest BCUT2D eigenvalue weighted by atomic mass is 10.0. The number of hydrogen-bond acceptors (Lipinski definition) is 2. The van der Waals surface area contributed by atoms with E-state index in [1.807, 2.05) is 18.2 Å². The smallest absolute Gasteiger partial charge is 0.130 e. The molecule has 0 N–H and O–H groups in total. The van der Waals surface area contributed by atoms with Crippen LogP contribution < -0.4 is 0 Å². The summed E-state index contributed by atoms with van der Waals surface area (Å²) in [5.74, 6) is 0.216.